The number of rotatable bonds is 2. The predicted molar refractivity (Wildman–Crippen MR) is 42.5 cm³/mol. The molecule has 3 nitrogen and oxygen atoms in total. The molecule has 0 aromatic heterocycles. The highest BCUT2D eigenvalue weighted by Gasteiger charge is 2.17. The van der Waals surface area contributed by atoms with E-state index in [4.69, 9.17) is 10.8 Å². The van der Waals surface area contributed by atoms with Crippen molar-refractivity contribution in [2.75, 3.05) is 7.11 Å². The number of methoxy groups -OCH3 is 1. The van der Waals surface area contributed by atoms with Crippen LogP contribution in [-0.4, -0.2) is 12.2 Å². The minimum absolute atomic E-state index is 0.0694. The normalized spacial score (nSPS) is 10.2. The van der Waals surface area contributed by atoms with Crippen LogP contribution in [0.5, 0.6) is 11.5 Å². The maximum absolute atomic E-state index is 12.9. The van der Waals surface area contributed by atoms with Gasteiger partial charge in [0.1, 0.15) is 0 Å². The zero-order chi connectivity index (χ0) is 10.0. The molecule has 5 heteroatoms. The van der Waals surface area contributed by atoms with Gasteiger partial charge in [-0.1, -0.05) is 0 Å². The lowest BCUT2D eigenvalue weighted by Gasteiger charge is -2.09. The van der Waals surface area contributed by atoms with Crippen molar-refractivity contribution in [2.24, 2.45) is 5.73 Å². The molecule has 0 aliphatic carbocycles. The number of halogens is 2. The van der Waals surface area contributed by atoms with Gasteiger partial charge in [0.15, 0.2) is 23.1 Å². The predicted octanol–water partition coefficient (Wildman–Crippen LogP) is 1.14. The minimum Gasteiger partial charge on any atom is -0.504 e. The number of nitrogens with two attached hydrogens (primary N) is 1. The van der Waals surface area contributed by atoms with Crippen molar-refractivity contribution in [3.8, 4) is 11.5 Å². The van der Waals surface area contributed by atoms with E-state index in [1.165, 1.54) is 7.11 Å². The van der Waals surface area contributed by atoms with Crippen LogP contribution in [0.2, 0.25) is 0 Å². The molecule has 0 heterocycles. The van der Waals surface area contributed by atoms with E-state index >= 15 is 0 Å². The number of hydrogen-bond acceptors (Lipinski definition) is 3. The molecule has 1 rings (SSSR count). The zero-order valence-electron chi connectivity index (χ0n) is 6.97. The van der Waals surface area contributed by atoms with Gasteiger partial charge in [0.2, 0.25) is 0 Å². The monoisotopic (exact) mass is 189 g/mol. The highest BCUT2D eigenvalue weighted by atomic mass is 19.1. The van der Waals surface area contributed by atoms with Crippen molar-refractivity contribution in [1.82, 2.24) is 0 Å². The zero-order valence-corrected chi connectivity index (χ0v) is 6.97. The summed E-state index contributed by atoms with van der Waals surface area (Å²) in [4.78, 5) is 0. The Hall–Kier alpha value is -1.36. The third-order valence-electron chi connectivity index (χ3n) is 1.66. The van der Waals surface area contributed by atoms with E-state index in [0.717, 1.165) is 0 Å². The Morgan fingerprint density at radius 2 is 2.08 bits per heavy atom. The number of phenolic OH excluding ortho intramolecular Hbond substituents is 1. The standard InChI is InChI=1S/C8H9F2NO2/c1-13-8-4(3-11)7(12)5(9)2-6(8)10/h2,12H,3,11H2,1H3. The van der Waals surface area contributed by atoms with Gasteiger partial charge < -0.3 is 15.6 Å². The molecule has 0 atom stereocenters. The summed E-state index contributed by atoms with van der Waals surface area (Å²) in [5.41, 5.74) is 5.12. The van der Waals surface area contributed by atoms with Crippen LogP contribution in [0.4, 0.5) is 8.78 Å². The fourth-order valence-corrected chi connectivity index (χ4v) is 1.05. The minimum atomic E-state index is -1.04. The van der Waals surface area contributed by atoms with E-state index in [1.807, 2.05) is 0 Å². The van der Waals surface area contributed by atoms with Gasteiger partial charge in [0.05, 0.1) is 12.7 Å². The van der Waals surface area contributed by atoms with Crippen molar-refractivity contribution in [3.05, 3.63) is 23.3 Å². The fraction of sp³-hybridized carbons (Fsp3) is 0.250. The van der Waals surface area contributed by atoms with Crippen LogP contribution >= 0.6 is 0 Å². The third-order valence-corrected chi connectivity index (χ3v) is 1.66. The van der Waals surface area contributed by atoms with Crippen molar-refractivity contribution in [3.63, 3.8) is 0 Å². The van der Waals surface area contributed by atoms with Gasteiger partial charge in [-0.3, -0.25) is 0 Å². The molecule has 0 aliphatic rings. The molecule has 13 heavy (non-hydrogen) atoms. The van der Waals surface area contributed by atoms with Gasteiger partial charge in [0.25, 0.3) is 0 Å². The Bertz CT molecular complexity index is 328. The van der Waals surface area contributed by atoms with Crippen LogP contribution in [-0.2, 0) is 6.54 Å². The van der Waals surface area contributed by atoms with Crippen LogP contribution in [0.25, 0.3) is 0 Å². The Balaban J connectivity index is 3.41. The summed E-state index contributed by atoms with van der Waals surface area (Å²) in [6.07, 6.45) is 0. The Morgan fingerprint density at radius 1 is 1.46 bits per heavy atom. The quantitative estimate of drug-likeness (QED) is 0.733. The van der Waals surface area contributed by atoms with Gasteiger partial charge in [0, 0.05) is 12.6 Å². The highest BCUT2D eigenvalue weighted by Crippen LogP contribution is 2.32. The topological polar surface area (TPSA) is 55.5 Å². The van der Waals surface area contributed by atoms with E-state index < -0.39 is 17.4 Å². The molecule has 0 fully saturated rings. The van der Waals surface area contributed by atoms with Crippen molar-refractivity contribution in [2.45, 2.75) is 6.54 Å². The number of aromatic hydroxyl groups is 1. The van der Waals surface area contributed by atoms with Gasteiger partial charge in [-0.25, -0.2) is 8.78 Å². The fourth-order valence-electron chi connectivity index (χ4n) is 1.05. The molecule has 0 bridgehead atoms. The molecule has 72 valence electrons. The largest absolute Gasteiger partial charge is 0.504 e. The molecule has 0 aliphatic heterocycles. The van der Waals surface area contributed by atoms with Crippen molar-refractivity contribution in [1.29, 1.82) is 0 Å². The van der Waals surface area contributed by atoms with Crippen LogP contribution < -0.4 is 10.5 Å². The van der Waals surface area contributed by atoms with E-state index in [2.05, 4.69) is 4.74 Å². The van der Waals surface area contributed by atoms with E-state index in [1.54, 1.807) is 0 Å². The van der Waals surface area contributed by atoms with Crippen LogP contribution in [0.3, 0.4) is 0 Å². The van der Waals surface area contributed by atoms with Gasteiger partial charge in [-0.15, -0.1) is 0 Å². The summed E-state index contributed by atoms with van der Waals surface area (Å²) in [6, 6.07) is 0.549. The second kappa shape index (κ2) is 3.57. The van der Waals surface area contributed by atoms with Gasteiger partial charge in [-0.2, -0.15) is 0 Å². The summed E-state index contributed by atoms with van der Waals surface area (Å²) in [7, 11) is 1.22. The van der Waals surface area contributed by atoms with Crippen molar-refractivity contribution >= 4 is 0 Å². The lowest BCUT2D eigenvalue weighted by molar-refractivity contribution is 0.362. The highest BCUT2D eigenvalue weighted by molar-refractivity contribution is 5.45. The van der Waals surface area contributed by atoms with Crippen molar-refractivity contribution < 1.29 is 18.6 Å². The van der Waals surface area contributed by atoms with E-state index in [0.29, 0.717) is 6.07 Å². The van der Waals surface area contributed by atoms with Crippen LogP contribution in [0.1, 0.15) is 5.56 Å². The second-order valence-electron chi connectivity index (χ2n) is 2.40. The molecule has 1 aromatic carbocycles. The third kappa shape index (κ3) is 1.55. The Kier molecular flexibility index (Phi) is 2.67. The smallest absolute Gasteiger partial charge is 0.168 e. The number of hydrogen-bond donors (Lipinski definition) is 2. The maximum Gasteiger partial charge on any atom is 0.168 e. The first kappa shape index (κ1) is 9.73. The van der Waals surface area contributed by atoms with E-state index in [-0.39, 0.29) is 17.9 Å². The first-order valence-corrected chi connectivity index (χ1v) is 3.55. The molecular weight excluding hydrogens is 180 g/mol. The molecule has 0 spiro atoms. The summed E-state index contributed by atoms with van der Waals surface area (Å²) in [5.74, 6) is -2.81. The number of ether oxygens (including phenoxy) is 1. The molecule has 0 saturated heterocycles. The molecule has 0 unspecified atom stereocenters. The number of phenols is 1. The first-order chi connectivity index (χ1) is 6.11. The van der Waals surface area contributed by atoms with Crippen LogP contribution in [0, 0.1) is 11.6 Å². The molecule has 3 N–H and O–H groups in total. The summed E-state index contributed by atoms with van der Waals surface area (Å²) in [6.45, 7) is -0.191. The molecular formula is C8H9F2NO2. The summed E-state index contributed by atoms with van der Waals surface area (Å²) >= 11 is 0. The molecule has 0 amide bonds. The molecule has 1 aromatic rings. The summed E-state index contributed by atoms with van der Waals surface area (Å²) < 4.78 is 30.3. The maximum atomic E-state index is 12.9. The average Bonchev–Trinajstić information content (AvgIpc) is 2.10. The molecule has 0 radical (unpaired) electrons. The lowest BCUT2D eigenvalue weighted by Crippen LogP contribution is -2.03. The summed E-state index contributed by atoms with van der Waals surface area (Å²) in [5, 5.41) is 9.13. The number of benzene rings is 1. The van der Waals surface area contributed by atoms with Gasteiger partial charge in [-0.05, 0) is 0 Å². The molecule has 0 saturated carbocycles. The second-order valence-corrected chi connectivity index (χ2v) is 2.40. The Morgan fingerprint density at radius 3 is 2.54 bits per heavy atom. The average molecular weight is 189 g/mol. The first-order valence-electron chi connectivity index (χ1n) is 3.55. The van der Waals surface area contributed by atoms with Crippen LogP contribution in [0.15, 0.2) is 6.07 Å². The Labute approximate surface area is 73.7 Å². The SMILES string of the molecule is COc1c(F)cc(F)c(O)c1CN. The van der Waals surface area contributed by atoms with E-state index in [9.17, 15) is 8.78 Å². The van der Waals surface area contributed by atoms with Gasteiger partial charge >= 0.3 is 0 Å². The lowest BCUT2D eigenvalue weighted by atomic mass is 10.1.